The first-order chi connectivity index (χ1) is 10.3. The van der Waals surface area contributed by atoms with E-state index in [1.54, 1.807) is 44.3 Å². The molecule has 0 atom stereocenters. The van der Waals surface area contributed by atoms with Crippen LogP contribution in [-0.4, -0.2) is 20.0 Å². The first-order valence-corrected chi connectivity index (χ1v) is 8.52. The van der Waals surface area contributed by atoms with Crippen molar-refractivity contribution in [3.63, 3.8) is 0 Å². The minimum atomic E-state index is -3.69. The summed E-state index contributed by atoms with van der Waals surface area (Å²) in [4.78, 5) is 4.31. The lowest BCUT2D eigenvalue weighted by Gasteiger charge is -2.14. The predicted molar refractivity (Wildman–Crippen MR) is 86.9 cm³/mol. The number of aryl methyl sites for hydroxylation is 3. The number of ether oxygens (including phenoxy) is 1. The number of pyridine rings is 1. The monoisotopic (exact) mass is 320 g/mol. The standard InChI is InChI=1S/C16H20N2O3S/c1-5-21-14-9-13(4)15(10-12(14)3)22(19,20)18-16-11(2)7-6-8-17-16/h6-10H,5H2,1-4H3,(H,17,18). The highest BCUT2D eigenvalue weighted by atomic mass is 32.2. The molecular formula is C16H20N2O3S. The number of hydrogen-bond acceptors (Lipinski definition) is 4. The Balaban J connectivity index is 2.42. The molecule has 0 bridgehead atoms. The Morgan fingerprint density at radius 3 is 2.50 bits per heavy atom. The van der Waals surface area contributed by atoms with Gasteiger partial charge in [-0.2, -0.15) is 0 Å². The summed E-state index contributed by atoms with van der Waals surface area (Å²) in [7, 11) is -3.69. The zero-order chi connectivity index (χ0) is 16.3. The fraction of sp³-hybridized carbons (Fsp3) is 0.312. The minimum Gasteiger partial charge on any atom is -0.494 e. The van der Waals surface area contributed by atoms with E-state index in [4.69, 9.17) is 4.74 Å². The van der Waals surface area contributed by atoms with Crippen LogP contribution in [0.4, 0.5) is 5.82 Å². The van der Waals surface area contributed by atoms with E-state index in [-0.39, 0.29) is 4.90 Å². The topological polar surface area (TPSA) is 68.3 Å². The quantitative estimate of drug-likeness (QED) is 0.918. The van der Waals surface area contributed by atoms with Gasteiger partial charge < -0.3 is 4.74 Å². The summed E-state index contributed by atoms with van der Waals surface area (Å²) in [5.74, 6) is 1.04. The highest BCUT2D eigenvalue weighted by Crippen LogP contribution is 2.27. The van der Waals surface area contributed by atoms with Gasteiger partial charge in [0, 0.05) is 6.20 Å². The molecule has 2 rings (SSSR count). The van der Waals surface area contributed by atoms with E-state index in [9.17, 15) is 8.42 Å². The lowest BCUT2D eigenvalue weighted by Crippen LogP contribution is -2.16. The van der Waals surface area contributed by atoms with Crippen molar-refractivity contribution in [1.82, 2.24) is 4.98 Å². The van der Waals surface area contributed by atoms with E-state index in [0.717, 1.165) is 11.1 Å². The van der Waals surface area contributed by atoms with Crippen molar-refractivity contribution in [2.45, 2.75) is 32.6 Å². The molecule has 0 fully saturated rings. The first kappa shape index (κ1) is 16.3. The Kier molecular flexibility index (Phi) is 4.71. The largest absolute Gasteiger partial charge is 0.494 e. The predicted octanol–water partition coefficient (Wildman–Crippen LogP) is 3.21. The molecule has 1 heterocycles. The van der Waals surface area contributed by atoms with E-state index in [2.05, 4.69) is 9.71 Å². The Bertz CT molecular complexity index is 786. The average Bonchev–Trinajstić information content (AvgIpc) is 2.45. The van der Waals surface area contributed by atoms with Gasteiger partial charge in [0.25, 0.3) is 10.0 Å². The zero-order valence-electron chi connectivity index (χ0n) is 13.2. The second kappa shape index (κ2) is 6.36. The second-order valence-electron chi connectivity index (χ2n) is 5.09. The van der Waals surface area contributed by atoms with Crippen LogP contribution in [-0.2, 0) is 10.0 Å². The molecule has 0 saturated carbocycles. The molecule has 22 heavy (non-hydrogen) atoms. The summed E-state index contributed by atoms with van der Waals surface area (Å²) in [6, 6.07) is 6.94. The Hall–Kier alpha value is -2.08. The molecule has 0 aliphatic carbocycles. The summed E-state index contributed by atoms with van der Waals surface area (Å²) in [6.07, 6.45) is 1.56. The van der Waals surface area contributed by atoms with E-state index in [1.165, 1.54) is 0 Å². The molecule has 0 aliphatic rings. The lowest BCUT2D eigenvalue weighted by molar-refractivity contribution is 0.337. The van der Waals surface area contributed by atoms with Crippen LogP contribution in [0.25, 0.3) is 0 Å². The smallest absolute Gasteiger partial charge is 0.263 e. The van der Waals surface area contributed by atoms with Crippen LogP contribution in [0.3, 0.4) is 0 Å². The van der Waals surface area contributed by atoms with Crippen LogP contribution in [0.5, 0.6) is 5.75 Å². The number of sulfonamides is 1. The van der Waals surface area contributed by atoms with Gasteiger partial charge in [-0.15, -0.1) is 0 Å². The van der Waals surface area contributed by atoms with Gasteiger partial charge in [-0.05, 0) is 62.6 Å². The minimum absolute atomic E-state index is 0.235. The molecule has 2 aromatic rings. The van der Waals surface area contributed by atoms with E-state index in [0.29, 0.717) is 23.7 Å². The Morgan fingerprint density at radius 2 is 1.86 bits per heavy atom. The summed E-state index contributed by atoms with van der Waals surface area (Å²) >= 11 is 0. The normalized spacial score (nSPS) is 11.3. The maximum absolute atomic E-state index is 12.6. The number of rotatable bonds is 5. The Labute approximate surface area is 131 Å². The van der Waals surface area contributed by atoms with Gasteiger partial charge in [-0.25, -0.2) is 13.4 Å². The van der Waals surface area contributed by atoms with Gasteiger partial charge >= 0.3 is 0 Å². The second-order valence-corrected chi connectivity index (χ2v) is 6.74. The van der Waals surface area contributed by atoms with Crippen molar-refractivity contribution in [3.05, 3.63) is 47.2 Å². The molecule has 0 saturated heterocycles. The molecule has 1 aromatic carbocycles. The zero-order valence-corrected chi connectivity index (χ0v) is 14.0. The van der Waals surface area contributed by atoms with Crippen molar-refractivity contribution in [1.29, 1.82) is 0 Å². The van der Waals surface area contributed by atoms with Gasteiger partial charge in [0.05, 0.1) is 11.5 Å². The molecule has 6 heteroatoms. The number of nitrogens with one attached hydrogen (secondary N) is 1. The van der Waals surface area contributed by atoms with E-state index >= 15 is 0 Å². The third kappa shape index (κ3) is 3.39. The molecule has 118 valence electrons. The molecule has 1 aromatic heterocycles. The van der Waals surface area contributed by atoms with E-state index < -0.39 is 10.0 Å². The first-order valence-electron chi connectivity index (χ1n) is 7.03. The van der Waals surface area contributed by atoms with Crippen molar-refractivity contribution in [2.75, 3.05) is 11.3 Å². The van der Waals surface area contributed by atoms with E-state index in [1.807, 2.05) is 13.8 Å². The van der Waals surface area contributed by atoms with Crippen molar-refractivity contribution in [2.24, 2.45) is 0 Å². The maximum atomic E-state index is 12.6. The highest BCUT2D eigenvalue weighted by molar-refractivity contribution is 7.92. The summed E-state index contributed by atoms with van der Waals surface area (Å²) in [6.45, 7) is 7.82. The molecule has 0 aliphatic heterocycles. The summed E-state index contributed by atoms with van der Waals surface area (Å²) in [5.41, 5.74) is 2.19. The number of anilines is 1. The summed E-state index contributed by atoms with van der Waals surface area (Å²) in [5, 5.41) is 0. The molecule has 5 nitrogen and oxygen atoms in total. The number of nitrogens with zero attached hydrogens (tertiary/aromatic N) is 1. The Morgan fingerprint density at radius 1 is 1.14 bits per heavy atom. The van der Waals surface area contributed by atoms with Gasteiger partial charge in [-0.3, -0.25) is 4.72 Å². The maximum Gasteiger partial charge on any atom is 0.263 e. The molecule has 0 amide bonds. The lowest BCUT2D eigenvalue weighted by atomic mass is 10.1. The fourth-order valence-corrected chi connectivity index (χ4v) is 3.53. The number of hydrogen-bond donors (Lipinski definition) is 1. The van der Waals surface area contributed by atoms with Gasteiger partial charge in [-0.1, -0.05) is 6.07 Å². The van der Waals surface area contributed by atoms with Crippen LogP contribution in [0, 0.1) is 20.8 Å². The van der Waals surface area contributed by atoms with Crippen molar-refractivity contribution < 1.29 is 13.2 Å². The fourth-order valence-electron chi connectivity index (χ4n) is 2.14. The van der Waals surface area contributed by atoms with Crippen LogP contribution >= 0.6 is 0 Å². The molecule has 0 spiro atoms. The SMILES string of the molecule is CCOc1cc(C)c(S(=O)(=O)Nc2ncccc2C)cc1C. The van der Waals surface area contributed by atoms with Crippen LogP contribution in [0.15, 0.2) is 35.4 Å². The van der Waals surface area contributed by atoms with Crippen molar-refractivity contribution in [3.8, 4) is 5.75 Å². The number of benzene rings is 1. The summed E-state index contributed by atoms with van der Waals surface area (Å²) < 4.78 is 33.2. The average molecular weight is 320 g/mol. The third-order valence-electron chi connectivity index (χ3n) is 3.30. The van der Waals surface area contributed by atoms with Gasteiger partial charge in [0.1, 0.15) is 11.6 Å². The van der Waals surface area contributed by atoms with Crippen LogP contribution < -0.4 is 9.46 Å². The van der Waals surface area contributed by atoms with Gasteiger partial charge in [0.15, 0.2) is 0 Å². The molecule has 1 N–H and O–H groups in total. The van der Waals surface area contributed by atoms with Crippen molar-refractivity contribution >= 4 is 15.8 Å². The number of aromatic nitrogens is 1. The molecule has 0 unspecified atom stereocenters. The van der Waals surface area contributed by atoms with Crippen LogP contribution in [0.2, 0.25) is 0 Å². The third-order valence-corrected chi connectivity index (χ3v) is 4.78. The molecular weight excluding hydrogens is 300 g/mol. The van der Waals surface area contributed by atoms with Crippen LogP contribution in [0.1, 0.15) is 23.6 Å². The molecule has 0 radical (unpaired) electrons. The highest BCUT2D eigenvalue weighted by Gasteiger charge is 2.20. The van der Waals surface area contributed by atoms with Gasteiger partial charge in [0.2, 0.25) is 0 Å².